The lowest BCUT2D eigenvalue weighted by atomic mass is 10.1. The first-order valence-electron chi connectivity index (χ1n) is 8.08. The molecule has 5 heteroatoms. The molecule has 0 aromatic heterocycles. The largest absolute Gasteiger partial charge is 0.489 e. The van der Waals surface area contributed by atoms with Gasteiger partial charge in [-0.05, 0) is 31.0 Å². The second-order valence-corrected chi connectivity index (χ2v) is 6.62. The summed E-state index contributed by atoms with van der Waals surface area (Å²) in [4.78, 5) is 16.7. The highest BCUT2D eigenvalue weighted by molar-refractivity contribution is 6.31. The first kappa shape index (κ1) is 15.5. The molecule has 1 saturated heterocycles. The quantitative estimate of drug-likeness (QED) is 0.837. The number of nitrogens with zero attached hydrogens (tertiary/aromatic N) is 2. The summed E-state index contributed by atoms with van der Waals surface area (Å²) >= 11 is 6.08. The first-order chi connectivity index (χ1) is 10.6. The van der Waals surface area contributed by atoms with Crippen molar-refractivity contribution >= 4 is 23.2 Å². The van der Waals surface area contributed by atoms with Gasteiger partial charge in [-0.1, -0.05) is 24.4 Å². The predicted molar refractivity (Wildman–Crippen MR) is 88.8 cm³/mol. The Morgan fingerprint density at radius 2 is 2.00 bits per heavy atom. The van der Waals surface area contributed by atoms with Gasteiger partial charge in [0, 0.05) is 25.2 Å². The third-order valence-electron chi connectivity index (χ3n) is 4.65. The van der Waals surface area contributed by atoms with Gasteiger partial charge in [-0.25, -0.2) is 0 Å². The fourth-order valence-corrected chi connectivity index (χ4v) is 3.40. The average molecular weight is 323 g/mol. The highest BCUT2D eigenvalue weighted by Gasteiger charge is 2.28. The van der Waals surface area contributed by atoms with Crippen molar-refractivity contribution in [2.75, 3.05) is 31.6 Å². The van der Waals surface area contributed by atoms with E-state index in [9.17, 15) is 4.79 Å². The summed E-state index contributed by atoms with van der Waals surface area (Å²) in [6.07, 6.45) is 5.23. The van der Waals surface area contributed by atoms with Crippen LogP contribution in [-0.4, -0.2) is 43.6 Å². The van der Waals surface area contributed by atoms with Crippen molar-refractivity contribution < 1.29 is 9.53 Å². The summed E-state index contributed by atoms with van der Waals surface area (Å²) in [5, 5.41) is 0.689. The minimum Gasteiger partial charge on any atom is -0.489 e. The molecule has 1 atom stereocenters. The Balaban J connectivity index is 1.67. The number of ether oxygens (including phenoxy) is 1. The molecule has 2 aliphatic heterocycles. The number of rotatable bonds is 2. The Morgan fingerprint density at radius 3 is 2.73 bits per heavy atom. The van der Waals surface area contributed by atoms with Crippen LogP contribution in [0, 0.1) is 0 Å². The number of likely N-dealkylation sites (tertiary alicyclic amines) is 1. The Labute approximate surface area is 137 Å². The Kier molecular flexibility index (Phi) is 4.77. The molecule has 3 rings (SSSR count). The molecular formula is C17H23ClN2O2. The van der Waals surface area contributed by atoms with E-state index in [4.69, 9.17) is 16.3 Å². The van der Waals surface area contributed by atoms with Gasteiger partial charge >= 0.3 is 0 Å². The number of hydrogen-bond acceptors (Lipinski definition) is 3. The SMILES string of the molecule is CN1c2cc(Cl)ccc2OC[C@@H]1CC(=O)N1CCCCCC1. The number of anilines is 1. The average Bonchev–Trinajstić information content (AvgIpc) is 2.80. The molecule has 120 valence electrons. The molecule has 0 saturated carbocycles. The summed E-state index contributed by atoms with van der Waals surface area (Å²) < 4.78 is 5.80. The molecule has 1 aromatic carbocycles. The van der Waals surface area contributed by atoms with Gasteiger partial charge in [0.15, 0.2) is 0 Å². The standard InChI is InChI=1S/C17H23ClN2O2/c1-19-14(11-17(21)20-8-4-2-3-5-9-20)12-22-16-7-6-13(18)10-15(16)19/h6-7,10,14H,2-5,8-9,11-12H2,1H3/t14-/m0/s1. The van der Waals surface area contributed by atoms with Gasteiger partial charge in [0.2, 0.25) is 5.91 Å². The second-order valence-electron chi connectivity index (χ2n) is 6.19. The molecule has 1 aromatic rings. The number of fused-ring (bicyclic) bond motifs is 1. The highest BCUT2D eigenvalue weighted by Crippen LogP contribution is 2.35. The molecule has 2 heterocycles. The van der Waals surface area contributed by atoms with Gasteiger partial charge in [0.25, 0.3) is 0 Å². The summed E-state index contributed by atoms with van der Waals surface area (Å²) in [6, 6.07) is 5.69. The van der Waals surface area contributed by atoms with Crippen molar-refractivity contribution in [2.24, 2.45) is 0 Å². The number of hydrogen-bond donors (Lipinski definition) is 0. The van der Waals surface area contributed by atoms with Gasteiger partial charge < -0.3 is 14.5 Å². The second kappa shape index (κ2) is 6.78. The summed E-state index contributed by atoms with van der Waals surface area (Å²) in [5.74, 6) is 1.08. The maximum absolute atomic E-state index is 12.6. The van der Waals surface area contributed by atoms with Crippen LogP contribution in [0.3, 0.4) is 0 Å². The number of halogens is 1. The van der Waals surface area contributed by atoms with Crippen LogP contribution in [0.5, 0.6) is 5.75 Å². The molecule has 4 nitrogen and oxygen atoms in total. The predicted octanol–water partition coefficient (Wildman–Crippen LogP) is 3.33. The monoisotopic (exact) mass is 322 g/mol. The zero-order chi connectivity index (χ0) is 15.5. The fourth-order valence-electron chi connectivity index (χ4n) is 3.23. The van der Waals surface area contributed by atoms with E-state index in [1.807, 2.05) is 30.1 Å². The lowest BCUT2D eigenvalue weighted by Crippen LogP contribution is -2.45. The number of carbonyl (C=O) groups excluding carboxylic acids is 1. The molecule has 2 aliphatic rings. The smallest absolute Gasteiger partial charge is 0.224 e. The Bertz CT molecular complexity index is 541. The zero-order valence-corrected chi connectivity index (χ0v) is 13.8. The molecule has 0 radical (unpaired) electrons. The topological polar surface area (TPSA) is 32.8 Å². The van der Waals surface area contributed by atoms with E-state index in [1.165, 1.54) is 12.8 Å². The van der Waals surface area contributed by atoms with E-state index in [2.05, 4.69) is 4.90 Å². The van der Waals surface area contributed by atoms with Crippen LogP contribution in [0.15, 0.2) is 18.2 Å². The maximum atomic E-state index is 12.6. The molecule has 0 N–H and O–H groups in total. The van der Waals surface area contributed by atoms with Crippen molar-refractivity contribution in [1.82, 2.24) is 4.90 Å². The molecule has 1 amide bonds. The van der Waals surface area contributed by atoms with Crippen molar-refractivity contribution in [3.63, 3.8) is 0 Å². The van der Waals surface area contributed by atoms with Crippen LogP contribution >= 0.6 is 11.6 Å². The fraction of sp³-hybridized carbons (Fsp3) is 0.588. The van der Waals surface area contributed by atoms with Crippen molar-refractivity contribution in [1.29, 1.82) is 0 Å². The van der Waals surface area contributed by atoms with Crippen molar-refractivity contribution in [2.45, 2.75) is 38.1 Å². The molecule has 0 spiro atoms. The third kappa shape index (κ3) is 3.32. The summed E-state index contributed by atoms with van der Waals surface area (Å²) in [5.41, 5.74) is 0.965. The van der Waals surface area contributed by atoms with Crippen LogP contribution in [0.2, 0.25) is 5.02 Å². The minimum absolute atomic E-state index is 0.0710. The highest BCUT2D eigenvalue weighted by atomic mass is 35.5. The number of likely N-dealkylation sites (N-methyl/N-ethyl adjacent to an activating group) is 1. The van der Waals surface area contributed by atoms with Gasteiger partial charge in [-0.2, -0.15) is 0 Å². The van der Waals surface area contributed by atoms with E-state index in [0.717, 1.165) is 37.4 Å². The molecular weight excluding hydrogens is 300 g/mol. The molecule has 1 fully saturated rings. The Hall–Kier alpha value is -1.42. The van der Waals surface area contributed by atoms with E-state index >= 15 is 0 Å². The molecule has 0 bridgehead atoms. The van der Waals surface area contributed by atoms with E-state index < -0.39 is 0 Å². The van der Waals surface area contributed by atoms with Crippen LogP contribution in [0.4, 0.5) is 5.69 Å². The number of amides is 1. The lowest BCUT2D eigenvalue weighted by Gasteiger charge is -2.36. The normalized spacial score (nSPS) is 21.8. The van der Waals surface area contributed by atoms with Crippen molar-refractivity contribution in [3.8, 4) is 5.75 Å². The zero-order valence-electron chi connectivity index (χ0n) is 13.1. The molecule has 0 unspecified atom stereocenters. The van der Waals surface area contributed by atoms with Gasteiger partial charge in [0.05, 0.1) is 18.2 Å². The Morgan fingerprint density at radius 1 is 1.27 bits per heavy atom. The minimum atomic E-state index is 0.0710. The molecule has 22 heavy (non-hydrogen) atoms. The number of benzene rings is 1. The third-order valence-corrected chi connectivity index (χ3v) is 4.88. The van der Waals surface area contributed by atoms with E-state index in [0.29, 0.717) is 18.1 Å². The van der Waals surface area contributed by atoms with Crippen LogP contribution in [-0.2, 0) is 4.79 Å². The first-order valence-corrected chi connectivity index (χ1v) is 8.46. The summed E-state index contributed by atoms with van der Waals surface area (Å²) in [6.45, 7) is 2.35. The van der Waals surface area contributed by atoms with E-state index in [1.54, 1.807) is 0 Å². The van der Waals surface area contributed by atoms with Gasteiger partial charge in [-0.15, -0.1) is 0 Å². The van der Waals surface area contributed by atoms with Gasteiger partial charge in [-0.3, -0.25) is 4.79 Å². The van der Waals surface area contributed by atoms with Crippen molar-refractivity contribution in [3.05, 3.63) is 23.2 Å². The van der Waals surface area contributed by atoms with Crippen LogP contribution in [0.25, 0.3) is 0 Å². The van der Waals surface area contributed by atoms with E-state index in [-0.39, 0.29) is 11.9 Å². The number of carbonyl (C=O) groups is 1. The lowest BCUT2D eigenvalue weighted by molar-refractivity contribution is -0.131. The van der Waals surface area contributed by atoms with Crippen LogP contribution < -0.4 is 9.64 Å². The van der Waals surface area contributed by atoms with Gasteiger partial charge in [0.1, 0.15) is 12.4 Å². The molecule has 0 aliphatic carbocycles. The van der Waals surface area contributed by atoms with Crippen LogP contribution in [0.1, 0.15) is 32.1 Å². The summed E-state index contributed by atoms with van der Waals surface area (Å²) in [7, 11) is 2.01. The maximum Gasteiger partial charge on any atom is 0.224 e.